The van der Waals surface area contributed by atoms with Crippen molar-refractivity contribution in [3.63, 3.8) is 0 Å². The summed E-state index contributed by atoms with van der Waals surface area (Å²) in [4.78, 5) is 48.7. The fourth-order valence-corrected chi connectivity index (χ4v) is 3.38. The van der Waals surface area contributed by atoms with E-state index in [0.29, 0.717) is 41.5 Å². The standard InChI is InChI=1S/C11H9NO3.C8H5NO2.C3H5BrO.CH3I.CH4.K/c13-10-8-3-1-2-4-9(8)11(14)12(10)5-7-6-15-7;10-7-5-3-1-2-4-6(5)8(11)9-7;4-1-3-2-5-3;1-2;;/h1-4,7H,5-6H2;1-4H,(H,9,10,11);3H,1-2H2;1H3;1H4;/q;;;;;+1/p-1. The minimum absolute atomic E-state index is 0. The number of alkyl halides is 2. The van der Waals surface area contributed by atoms with Gasteiger partial charge >= 0.3 is 51.4 Å². The van der Waals surface area contributed by atoms with Crippen molar-refractivity contribution in [2.24, 2.45) is 0 Å². The maximum atomic E-state index is 11.8. The minimum atomic E-state index is -0.425. The molecule has 4 aliphatic heterocycles. The summed E-state index contributed by atoms with van der Waals surface area (Å²) in [6.07, 6.45) is 0.599. The van der Waals surface area contributed by atoms with Gasteiger partial charge in [-0.25, -0.2) is 0 Å². The Balaban J connectivity index is 0.000000271. The molecule has 0 bridgehead atoms. The van der Waals surface area contributed by atoms with Crippen LogP contribution >= 0.6 is 38.5 Å². The number of epoxide rings is 2. The van der Waals surface area contributed by atoms with E-state index in [0.717, 1.165) is 11.9 Å². The molecule has 2 saturated heterocycles. The summed E-state index contributed by atoms with van der Waals surface area (Å²) >= 11 is 5.40. The number of benzene rings is 2. The molecule has 2 atom stereocenters. The Morgan fingerprint density at radius 3 is 1.51 bits per heavy atom. The molecule has 0 saturated carbocycles. The first-order chi connectivity index (χ1) is 16.0. The molecule has 35 heavy (non-hydrogen) atoms. The number of carbonyl (C=O) groups is 4. The van der Waals surface area contributed by atoms with Crippen molar-refractivity contribution in [2.75, 3.05) is 30.0 Å². The Kier molecular flexibility index (Phi) is 14.6. The molecule has 2 aromatic rings. The molecule has 4 amide bonds. The Morgan fingerprint density at radius 2 is 1.20 bits per heavy atom. The van der Waals surface area contributed by atoms with E-state index in [-0.39, 0.29) is 76.7 Å². The zero-order valence-corrected chi connectivity index (χ0v) is 25.6. The smallest absolute Gasteiger partial charge is 0.587 e. The number of nitrogens with zero attached hydrogens (tertiary/aromatic N) is 2. The molecule has 0 aromatic heterocycles. The van der Waals surface area contributed by atoms with E-state index in [2.05, 4.69) is 43.8 Å². The summed E-state index contributed by atoms with van der Waals surface area (Å²) in [7, 11) is 0. The summed E-state index contributed by atoms with van der Waals surface area (Å²) < 4.78 is 9.83. The number of hydrogen-bond donors (Lipinski definition) is 0. The molecule has 2 unspecified atom stereocenters. The Hall–Kier alpha value is -0.514. The average molecular weight is 683 g/mol. The SMILES string of the molecule is BrCC1CO1.C.CI.O=C1[N-]C(=O)c2ccccc21.O=C1c2ccccc2C(=O)N1CC1CO1.[K+]. The second-order valence-electron chi connectivity index (χ2n) is 7.10. The number of imide groups is 2. The van der Waals surface area contributed by atoms with Crippen LogP contribution in [0.15, 0.2) is 48.5 Å². The summed E-state index contributed by atoms with van der Waals surface area (Å²) in [6, 6.07) is 13.5. The number of hydrogen-bond acceptors (Lipinski definition) is 6. The first-order valence-corrected chi connectivity index (χ1v) is 13.3. The van der Waals surface area contributed by atoms with E-state index in [9.17, 15) is 19.2 Å². The number of ether oxygens (including phenoxy) is 2. The molecule has 2 aromatic carbocycles. The van der Waals surface area contributed by atoms with Crippen LogP contribution in [0.3, 0.4) is 0 Å². The van der Waals surface area contributed by atoms with Crippen molar-refractivity contribution >= 4 is 62.1 Å². The van der Waals surface area contributed by atoms with Gasteiger partial charge in [-0.3, -0.25) is 14.5 Å². The first kappa shape index (κ1) is 32.5. The van der Waals surface area contributed by atoms with Gasteiger partial charge in [-0.15, -0.1) is 0 Å². The quantitative estimate of drug-likeness (QED) is 0.160. The van der Waals surface area contributed by atoms with E-state index in [1.807, 2.05) is 4.93 Å². The third-order valence-corrected chi connectivity index (χ3v) is 5.55. The second kappa shape index (κ2) is 15.7. The van der Waals surface area contributed by atoms with E-state index in [1.165, 1.54) is 4.90 Å². The first-order valence-electron chi connectivity index (χ1n) is 10.0. The van der Waals surface area contributed by atoms with Crippen LogP contribution in [0, 0.1) is 0 Å². The van der Waals surface area contributed by atoms with Crippen molar-refractivity contribution < 1.29 is 80.0 Å². The van der Waals surface area contributed by atoms with Gasteiger partial charge in [0.1, 0.15) is 0 Å². The normalized spacial score (nSPS) is 19.6. The fourth-order valence-electron chi connectivity index (χ4n) is 3.01. The Morgan fingerprint density at radius 1 is 0.829 bits per heavy atom. The number of halogens is 2. The van der Waals surface area contributed by atoms with Crippen LogP contribution in [-0.2, 0) is 9.47 Å². The molecule has 2 fully saturated rings. The zero-order valence-electron chi connectivity index (χ0n) is 18.7. The maximum absolute atomic E-state index is 11.8. The van der Waals surface area contributed by atoms with Crippen LogP contribution in [0.1, 0.15) is 48.9 Å². The molecule has 8 nitrogen and oxygen atoms in total. The van der Waals surface area contributed by atoms with Gasteiger partial charge in [0.05, 0.1) is 54.9 Å². The van der Waals surface area contributed by atoms with Crippen LogP contribution in [-0.4, -0.2) is 70.8 Å². The minimum Gasteiger partial charge on any atom is -0.587 e. The second-order valence-corrected chi connectivity index (χ2v) is 7.75. The molecule has 6 rings (SSSR count). The molecular weight excluding hydrogens is 658 g/mol. The van der Waals surface area contributed by atoms with Gasteiger partial charge in [-0.2, -0.15) is 0 Å². The number of carbonyl (C=O) groups excluding carboxylic acids is 4. The molecule has 0 spiro atoms. The van der Waals surface area contributed by atoms with E-state index < -0.39 is 11.8 Å². The molecule has 0 N–H and O–H groups in total. The average Bonchev–Trinajstić information content (AvgIpc) is 3.78. The van der Waals surface area contributed by atoms with Crippen molar-refractivity contribution in [1.29, 1.82) is 0 Å². The predicted octanol–water partition coefficient (Wildman–Crippen LogP) is 1.51. The topological polar surface area (TPSA) is 111 Å². The van der Waals surface area contributed by atoms with Crippen molar-refractivity contribution in [2.45, 2.75) is 19.6 Å². The molecule has 11 heteroatoms. The van der Waals surface area contributed by atoms with Gasteiger partial charge in [-0.1, -0.05) is 82.3 Å². The van der Waals surface area contributed by atoms with E-state index >= 15 is 0 Å². The van der Waals surface area contributed by atoms with E-state index in [1.54, 1.807) is 48.5 Å². The van der Waals surface area contributed by atoms with E-state index in [4.69, 9.17) is 9.47 Å². The monoisotopic (exact) mass is 682 g/mol. The predicted molar refractivity (Wildman–Crippen MR) is 140 cm³/mol. The van der Waals surface area contributed by atoms with Gasteiger partial charge in [-0.05, 0) is 17.1 Å². The summed E-state index contributed by atoms with van der Waals surface area (Å²) in [6.45, 7) is 1.99. The number of amides is 4. The molecule has 0 aliphatic carbocycles. The van der Waals surface area contributed by atoms with Gasteiger partial charge in [0.15, 0.2) is 0 Å². The summed E-state index contributed by atoms with van der Waals surface area (Å²) in [5, 5.41) is 4.29. The largest absolute Gasteiger partial charge is 1.00 e. The molecular formula is C24H25BrIKN2O6. The van der Waals surface area contributed by atoms with Crippen LogP contribution in [0.4, 0.5) is 0 Å². The molecule has 182 valence electrons. The van der Waals surface area contributed by atoms with Crippen molar-refractivity contribution in [1.82, 2.24) is 4.90 Å². The van der Waals surface area contributed by atoms with Crippen molar-refractivity contribution in [3.05, 3.63) is 76.1 Å². The third-order valence-electron chi connectivity index (χ3n) is 4.83. The number of fused-ring (bicyclic) bond motifs is 2. The molecule has 4 aliphatic rings. The summed E-state index contributed by atoms with van der Waals surface area (Å²) in [5.41, 5.74) is 1.83. The fraction of sp³-hybridized carbons (Fsp3) is 0.333. The van der Waals surface area contributed by atoms with Crippen molar-refractivity contribution in [3.8, 4) is 0 Å². The third kappa shape index (κ3) is 8.78. The molecule has 4 heterocycles. The van der Waals surface area contributed by atoms with Gasteiger partial charge in [0.2, 0.25) is 0 Å². The molecule has 0 radical (unpaired) electrons. The van der Waals surface area contributed by atoms with Gasteiger partial charge in [0.25, 0.3) is 11.8 Å². The van der Waals surface area contributed by atoms with Crippen LogP contribution in [0.25, 0.3) is 5.32 Å². The van der Waals surface area contributed by atoms with Crippen LogP contribution in [0.5, 0.6) is 0 Å². The van der Waals surface area contributed by atoms with Crippen LogP contribution in [0.2, 0.25) is 0 Å². The Bertz CT molecular complexity index is 994. The van der Waals surface area contributed by atoms with Crippen LogP contribution < -0.4 is 51.4 Å². The maximum Gasteiger partial charge on any atom is 1.00 e. The van der Waals surface area contributed by atoms with Gasteiger partial charge in [0, 0.05) is 16.5 Å². The Labute approximate surface area is 269 Å². The number of rotatable bonds is 3. The zero-order chi connectivity index (χ0) is 24.0. The summed E-state index contributed by atoms with van der Waals surface area (Å²) in [5.74, 6) is -1.26. The van der Waals surface area contributed by atoms with Gasteiger partial charge < -0.3 is 24.4 Å².